The molecule has 1 fully saturated rings. The van der Waals surface area contributed by atoms with E-state index in [-0.39, 0.29) is 11.9 Å². The first-order chi connectivity index (χ1) is 8.72. The zero-order valence-electron chi connectivity index (χ0n) is 10.7. The van der Waals surface area contributed by atoms with E-state index in [1.165, 1.54) is 11.1 Å². The largest absolute Gasteiger partial charge is 0.325 e. The second kappa shape index (κ2) is 4.71. The minimum absolute atomic E-state index is 0.0130. The van der Waals surface area contributed by atoms with Crippen molar-refractivity contribution in [3.05, 3.63) is 29.3 Å². The Balaban J connectivity index is 1.70. The lowest BCUT2D eigenvalue weighted by Crippen LogP contribution is -2.35. The fourth-order valence-corrected chi connectivity index (χ4v) is 2.78. The van der Waals surface area contributed by atoms with Gasteiger partial charge in [0.15, 0.2) is 0 Å². The molecule has 1 saturated heterocycles. The Kier molecular flexibility index (Phi) is 3.06. The van der Waals surface area contributed by atoms with Crippen molar-refractivity contribution >= 4 is 11.6 Å². The van der Waals surface area contributed by atoms with Gasteiger partial charge >= 0.3 is 0 Å². The van der Waals surface area contributed by atoms with E-state index in [0.717, 1.165) is 38.2 Å². The van der Waals surface area contributed by atoms with Gasteiger partial charge in [0.05, 0.1) is 6.04 Å². The predicted octanol–water partition coefficient (Wildman–Crippen LogP) is 1.32. The number of benzene rings is 1. The third-order valence-electron chi connectivity index (χ3n) is 3.73. The van der Waals surface area contributed by atoms with Gasteiger partial charge in [-0.2, -0.15) is 0 Å². The van der Waals surface area contributed by atoms with Crippen LogP contribution in [-0.4, -0.2) is 30.4 Å². The van der Waals surface area contributed by atoms with Gasteiger partial charge in [-0.15, -0.1) is 0 Å². The minimum Gasteiger partial charge on any atom is -0.325 e. The topological polar surface area (TPSA) is 44.4 Å². The Hall–Kier alpha value is -1.39. The van der Waals surface area contributed by atoms with E-state index in [2.05, 4.69) is 34.7 Å². The van der Waals surface area contributed by atoms with Crippen LogP contribution < -0.4 is 10.6 Å². The van der Waals surface area contributed by atoms with E-state index >= 15 is 0 Å². The van der Waals surface area contributed by atoms with Gasteiger partial charge in [0.1, 0.15) is 0 Å². The molecule has 0 saturated carbocycles. The molecule has 0 aliphatic carbocycles. The molecule has 1 atom stereocenters. The molecule has 96 valence electrons. The number of hydrogen-bond acceptors (Lipinski definition) is 3. The lowest BCUT2D eigenvalue weighted by Gasteiger charge is -2.11. The van der Waals surface area contributed by atoms with Crippen LogP contribution in [0.25, 0.3) is 0 Å². The summed E-state index contributed by atoms with van der Waals surface area (Å²) in [5.74, 6) is 0.0961. The molecule has 18 heavy (non-hydrogen) atoms. The van der Waals surface area contributed by atoms with Gasteiger partial charge < -0.3 is 10.6 Å². The minimum atomic E-state index is -0.0130. The van der Waals surface area contributed by atoms with Gasteiger partial charge in [-0.3, -0.25) is 9.69 Å². The maximum absolute atomic E-state index is 12.0. The smallest absolute Gasteiger partial charge is 0.241 e. The number of carbonyl (C=O) groups is 1. The Bertz CT molecular complexity index is 466. The maximum Gasteiger partial charge on any atom is 0.241 e. The standard InChI is InChI=1S/C14H19N3O/c1-17-8-10-4-5-12(7-11(10)9-17)16-14(18)13-3-2-6-15-13/h4-5,7,13,15H,2-3,6,8-9H2,1H3,(H,16,18). The second-order valence-electron chi connectivity index (χ2n) is 5.29. The van der Waals surface area contributed by atoms with Crippen molar-refractivity contribution in [3.8, 4) is 0 Å². The zero-order valence-corrected chi connectivity index (χ0v) is 10.7. The van der Waals surface area contributed by atoms with Crippen molar-refractivity contribution in [1.29, 1.82) is 0 Å². The first kappa shape index (κ1) is 11.7. The van der Waals surface area contributed by atoms with Crippen LogP contribution in [0, 0.1) is 0 Å². The molecule has 4 nitrogen and oxygen atoms in total. The molecule has 1 unspecified atom stereocenters. The number of anilines is 1. The molecular weight excluding hydrogens is 226 g/mol. The number of rotatable bonds is 2. The summed E-state index contributed by atoms with van der Waals surface area (Å²) in [6, 6.07) is 6.22. The zero-order chi connectivity index (χ0) is 12.5. The SMILES string of the molecule is CN1Cc2ccc(NC(=O)C3CCCN3)cc2C1. The predicted molar refractivity (Wildman–Crippen MR) is 71.3 cm³/mol. The summed E-state index contributed by atoms with van der Waals surface area (Å²) in [6.07, 6.45) is 2.03. The fraction of sp³-hybridized carbons (Fsp3) is 0.500. The normalized spacial score (nSPS) is 23.1. The molecule has 0 aromatic heterocycles. The van der Waals surface area contributed by atoms with Crippen molar-refractivity contribution in [2.24, 2.45) is 0 Å². The molecule has 2 N–H and O–H groups in total. The van der Waals surface area contributed by atoms with Crippen LogP contribution in [0.1, 0.15) is 24.0 Å². The average molecular weight is 245 g/mol. The number of amides is 1. The number of carbonyl (C=O) groups excluding carboxylic acids is 1. The summed E-state index contributed by atoms with van der Waals surface area (Å²) in [5, 5.41) is 6.22. The van der Waals surface area contributed by atoms with E-state index in [9.17, 15) is 4.79 Å². The van der Waals surface area contributed by atoms with E-state index in [1.54, 1.807) is 0 Å². The monoisotopic (exact) mass is 245 g/mol. The fourth-order valence-electron chi connectivity index (χ4n) is 2.78. The average Bonchev–Trinajstić information content (AvgIpc) is 2.95. The van der Waals surface area contributed by atoms with Gasteiger partial charge in [-0.05, 0) is 49.7 Å². The Morgan fingerprint density at radius 1 is 1.39 bits per heavy atom. The molecule has 0 bridgehead atoms. The van der Waals surface area contributed by atoms with Crippen molar-refractivity contribution in [1.82, 2.24) is 10.2 Å². The highest BCUT2D eigenvalue weighted by molar-refractivity contribution is 5.95. The highest BCUT2D eigenvalue weighted by atomic mass is 16.2. The van der Waals surface area contributed by atoms with Gasteiger partial charge in [0.2, 0.25) is 5.91 Å². The lowest BCUT2D eigenvalue weighted by molar-refractivity contribution is -0.117. The summed E-state index contributed by atoms with van der Waals surface area (Å²) in [6.45, 7) is 2.93. The van der Waals surface area contributed by atoms with E-state index in [4.69, 9.17) is 0 Å². The van der Waals surface area contributed by atoms with Crippen molar-refractivity contribution < 1.29 is 4.79 Å². The summed E-state index contributed by atoms with van der Waals surface area (Å²) in [4.78, 5) is 14.3. The lowest BCUT2D eigenvalue weighted by atomic mass is 10.1. The van der Waals surface area contributed by atoms with Gasteiger partial charge in [-0.1, -0.05) is 6.07 Å². The second-order valence-corrected chi connectivity index (χ2v) is 5.29. The van der Waals surface area contributed by atoms with E-state index < -0.39 is 0 Å². The first-order valence-corrected chi connectivity index (χ1v) is 6.57. The van der Waals surface area contributed by atoms with Crippen LogP contribution in [0.3, 0.4) is 0 Å². The van der Waals surface area contributed by atoms with E-state index in [0.29, 0.717) is 0 Å². The van der Waals surface area contributed by atoms with E-state index in [1.807, 2.05) is 6.07 Å². The van der Waals surface area contributed by atoms with Gasteiger partial charge in [0.25, 0.3) is 0 Å². The number of nitrogens with one attached hydrogen (secondary N) is 2. The Morgan fingerprint density at radius 3 is 3.00 bits per heavy atom. The molecule has 0 radical (unpaired) electrons. The van der Waals surface area contributed by atoms with Crippen LogP contribution in [0.5, 0.6) is 0 Å². The van der Waals surface area contributed by atoms with Crippen LogP contribution in [0.2, 0.25) is 0 Å². The molecule has 2 heterocycles. The molecule has 1 aromatic carbocycles. The van der Waals surface area contributed by atoms with Gasteiger partial charge in [0, 0.05) is 18.8 Å². The Labute approximate surface area is 107 Å². The Morgan fingerprint density at radius 2 is 2.22 bits per heavy atom. The number of hydrogen-bond donors (Lipinski definition) is 2. The molecule has 3 rings (SSSR count). The highest BCUT2D eigenvalue weighted by Crippen LogP contribution is 2.24. The summed E-state index contributed by atoms with van der Waals surface area (Å²) in [5.41, 5.74) is 3.62. The highest BCUT2D eigenvalue weighted by Gasteiger charge is 2.22. The molecule has 4 heteroatoms. The number of nitrogens with zero attached hydrogens (tertiary/aromatic N) is 1. The van der Waals surface area contributed by atoms with Crippen LogP contribution >= 0.6 is 0 Å². The summed E-state index contributed by atoms with van der Waals surface area (Å²) in [7, 11) is 2.11. The van der Waals surface area contributed by atoms with Crippen LogP contribution in [-0.2, 0) is 17.9 Å². The third kappa shape index (κ3) is 2.26. The molecule has 2 aliphatic heterocycles. The summed E-state index contributed by atoms with van der Waals surface area (Å²) < 4.78 is 0. The molecule has 2 aliphatic rings. The number of fused-ring (bicyclic) bond motifs is 1. The summed E-state index contributed by atoms with van der Waals surface area (Å²) >= 11 is 0. The van der Waals surface area contributed by atoms with Crippen molar-refractivity contribution in [2.45, 2.75) is 32.0 Å². The van der Waals surface area contributed by atoms with Crippen molar-refractivity contribution in [2.75, 3.05) is 18.9 Å². The molecule has 0 spiro atoms. The quantitative estimate of drug-likeness (QED) is 0.826. The van der Waals surface area contributed by atoms with Crippen molar-refractivity contribution in [3.63, 3.8) is 0 Å². The molecule has 1 aromatic rings. The maximum atomic E-state index is 12.0. The first-order valence-electron chi connectivity index (χ1n) is 6.57. The molecular formula is C14H19N3O. The van der Waals surface area contributed by atoms with Crippen LogP contribution in [0.4, 0.5) is 5.69 Å². The molecule has 1 amide bonds. The van der Waals surface area contributed by atoms with Crippen LogP contribution in [0.15, 0.2) is 18.2 Å². The van der Waals surface area contributed by atoms with Gasteiger partial charge in [-0.25, -0.2) is 0 Å². The third-order valence-corrected chi connectivity index (χ3v) is 3.73.